The van der Waals surface area contributed by atoms with Crippen LogP contribution in [0.3, 0.4) is 0 Å². The predicted molar refractivity (Wildman–Crippen MR) is 299 cm³/mol. The standard InChI is InChI=1S/C45H40N10O18S7.O3S/c1-22-12-33(51-53-39-24(3)30(20-46)43-47-35-17-28(79(67,68)69)14-26(21-56)41(35)55(43)44(39)57)36(73-8-4-10-76(58,59)60)18-31(22)49-52-34-13-23(2)32(19-37(34)74-9-5-11-77(61,62)63)50-54-45-48-40-38(80(70,71)72)15-25-6-7-27(78(64,65)66)16-29(25)42(40)75-45;1-4(2)3/h6-7,12-19,56-57H,4-5,8-11,21H2,1-3H3,(H,58,59,60)(H,61,62,63)(H,64,65,66)(H,67,68,69)(H,70,71,72);. The molecule has 8 aromatic rings. The second-order valence-electron chi connectivity index (χ2n) is 17.5. The maximum absolute atomic E-state index is 12.5. The molecule has 0 unspecified atom stereocenters. The predicted octanol–water partition coefficient (Wildman–Crippen LogP) is 8.25. The van der Waals surface area contributed by atoms with Gasteiger partial charge in [-0.05, 0) is 104 Å². The fourth-order valence-corrected chi connectivity index (χ4v) is 12.8. The number of thioether (sulfide) groups is 1. The number of aliphatic hydroxyl groups is 1. The molecule has 0 atom stereocenters. The van der Waals surface area contributed by atoms with Gasteiger partial charge in [-0.2, -0.15) is 52.5 Å². The number of aromatic nitrogens is 3. The molecule has 0 bridgehead atoms. The van der Waals surface area contributed by atoms with Crippen molar-refractivity contribution in [1.29, 1.82) is 5.26 Å². The van der Waals surface area contributed by atoms with Crippen molar-refractivity contribution in [2.45, 2.75) is 59.8 Å². The average Bonchev–Trinajstić information content (AvgIpc) is 2.38. The van der Waals surface area contributed by atoms with Crippen LogP contribution >= 0.6 is 23.1 Å². The van der Waals surface area contributed by atoms with Crippen molar-refractivity contribution >= 4 is 156 Å². The molecule has 3 heterocycles. The number of thiazole rings is 1. The van der Waals surface area contributed by atoms with Crippen molar-refractivity contribution in [1.82, 2.24) is 14.4 Å². The van der Waals surface area contributed by atoms with Gasteiger partial charge in [0.2, 0.25) is 11.0 Å². The van der Waals surface area contributed by atoms with E-state index in [2.05, 4.69) is 40.7 Å². The van der Waals surface area contributed by atoms with Crippen molar-refractivity contribution < 1.29 is 92.4 Å². The van der Waals surface area contributed by atoms with Gasteiger partial charge in [0.15, 0.2) is 11.3 Å². The second-order valence-corrected chi connectivity index (χ2v) is 27.4. The van der Waals surface area contributed by atoms with Crippen LogP contribution in [0.4, 0.5) is 33.6 Å². The third kappa shape index (κ3) is 15.3. The molecule has 0 aliphatic carbocycles. The third-order valence-corrected chi connectivity index (χ3v) is 17.9. The van der Waals surface area contributed by atoms with Crippen LogP contribution in [-0.4, -0.2) is 126 Å². The van der Waals surface area contributed by atoms with Crippen LogP contribution in [0.25, 0.3) is 37.7 Å². The molecule has 0 aliphatic heterocycles. The minimum atomic E-state index is -4.89. The van der Waals surface area contributed by atoms with Gasteiger partial charge >= 0.3 is 10.6 Å². The lowest BCUT2D eigenvalue weighted by Crippen LogP contribution is -2.08. The number of imidazole rings is 1. The Morgan fingerprint density at radius 1 is 0.702 bits per heavy atom. The zero-order chi connectivity index (χ0) is 62.0. The maximum Gasteiger partial charge on any atom is 0.425 e. The highest BCUT2D eigenvalue weighted by Gasteiger charge is 2.26. The summed E-state index contributed by atoms with van der Waals surface area (Å²) in [4.78, 5) is 7.21. The van der Waals surface area contributed by atoms with E-state index in [0.29, 0.717) is 16.0 Å². The first-order chi connectivity index (χ1) is 39.1. The SMILES string of the molecule is Cc1cc(N=Nc2cc(OCCCS(=O)(=O)O)c(N=Nc3c(C)c(C#N)c4nc5cc(S(=O)(=O)O)cc(CO)c5n4c3O)cc2C)c(SCCCS(=O)(=O)O)cc1N=Nc1nc2c(S(=O)(=O)O)cc3ccc(S(=O)(=O)O)cc3c2s1.O=S(=O)=O. The first-order valence-electron chi connectivity index (χ1n) is 23.1. The number of benzene rings is 5. The van der Waals surface area contributed by atoms with Crippen LogP contribution in [0, 0.1) is 32.1 Å². The third-order valence-electron chi connectivity index (χ3n) is 11.7. The molecule has 7 N–H and O–H groups in total. The number of fused-ring (bicyclic) bond motifs is 6. The maximum atomic E-state index is 12.5. The monoisotopic (exact) mass is 1310 g/mol. The Balaban J connectivity index is 0.00000245. The van der Waals surface area contributed by atoms with Crippen molar-refractivity contribution in [2.75, 3.05) is 23.9 Å². The van der Waals surface area contributed by atoms with Crippen LogP contribution in [0.15, 0.2) is 111 Å². The Morgan fingerprint density at radius 2 is 1.30 bits per heavy atom. The zero-order valence-electron chi connectivity index (χ0n) is 42.8. The average molecular weight is 1310 g/mol. The molecule has 0 spiro atoms. The lowest BCUT2D eigenvalue weighted by molar-refractivity contribution is 0.282. The Morgan fingerprint density at radius 3 is 1.90 bits per heavy atom. The number of hydrogen-bond acceptors (Lipinski definition) is 27. The molecule has 444 valence electrons. The number of hydrogen-bond donors (Lipinski definition) is 7. The quantitative estimate of drug-likeness (QED) is 0.0163. The van der Waals surface area contributed by atoms with E-state index in [-0.39, 0.29) is 119 Å². The lowest BCUT2D eigenvalue weighted by Gasteiger charge is -2.12. The van der Waals surface area contributed by atoms with Crippen LogP contribution in [0.2, 0.25) is 0 Å². The molecule has 0 amide bonds. The van der Waals surface area contributed by atoms with E-state index < -0.39 is 99.9 Å². The minimum Gasteiger partial charge on any atom is -0.493 e. The molecule has 39 heteroatoms. The number of aryl methyl sites for hydroxylation is 2. The number of aliphatic hydroxyl groups excluding tert-OH is 1. The first kappa shape index (κ1) is 64.1. The summed E-state index contributed by atoms with van der Waals surface area (Å²) in [6, 6.07) is 14.3. The van der Waals surface area contributed by atoms with E-state index in [4.69, 9.17) is 17.4 Å². The summed E-state index contributed by atoms with van der Waals surface area (Å²) >= 11 is 1.89. The molecule has 0 saturated carbocycles. The molecular weight excluding hydrogens is 1270 g/mol. The van der Waals surface area contributed by atoms with Crippen molar-refractivity contribution in [3.05, 3.63) is 88.5 Å². The topological polar surface area (TPSA) is 501 Å². The van der Waals surface area contributed by atoms with Gasteiger partial charge in [-0.25, -0.2) is 9.97 Å². The van der Waals surface area contributed by atoms with Gasteiger partial charge in [-0.3, -0.25) is 27.2 Å². The Labute approximate surface area is 485 Å². The van der Waals surface area contributed by atoms with Gasteiger partial charge in [0.25, 0.3) is 50.6 Å². The van der Waals surface area contributed by atoms with E-state index in [0.717, 1.165) is 57.8 Å². The summed E-state index contributed by atoms with van der Waals surface area (Å²) in [5.41, 5.74) is 0.294. The van der Waals surface area contributed by atoms with Gasteiger partial charge in [0.1, 0.15) is 33.5 Å². The molecule has 84 heavy (non-hydrogen) atoms. The van der Waals surface area contributed by atoms with Crippen LogP contribution in [-0.2, 0) is 67.8 Å². The fourth-order valence-electron chi connectivity index (χ4n) is 7.93. The van der Waals surface area contributed by atoms with Crippen LogP contribution in [0.5, 0.6) is 11.6 Å². The molecule has 0 aliphatic rings. The molecule has 0 radical (unpaired) electrons. The van der Waals surface area contributed by atoms with Crippen molar-refractivity contribution in [2.24, 2.45) is 30.7 Å². The van der Waals surface area contributed by atoms with Crippen LogP contribution in [0.1, 0.15) is 40.7 Å². The smallest absolute Gasteiger partial charge is 0.425 e. The van der Waals surface area contributed by atoms with Crippen molar-refractivity contribution in [3.8, 4) is 17.7 Å². The molecule has 0 fully saturated rings. The highest BCUT2D eigenvalue weighted by atomic mass is 32.2. The molecule has 3 aromatic heterocycles. The van der Waals surface area contributed by atoms with Crippen LogP contribution < -0.4 is 4.74 Å². The molecule has 31 nitrogen and oxygen atoms in total. The Kier molecular flexibility index (Phi) is 19.1. The Bertz CT molecular complexity index is 4890. The van der Waals surface area contributed by atoms with E-state index >= 15 is 0 Å². The summed E-state index contributed by atoms with van der Waals surface area (Å²) in [6.07, 6.45) is -0.223. The summed E-state index contributed by atoms with van der Waals surface area (Å²) in [6.45, 7) is 3.55. The van der Waals surface area contributed by atoms with E-state index in [1.807, 2.05) is 6.07 Å². The van der Waals surface area contributed by atoms with Gasteiger partial charge in [-0.1, -0.05) is 17.4 Å². The number of azo groups is 3. The fraction of sp³-hybridized carbons (Fsp3) is 0.222. The van der Waals surface area contributed by atoms with E-state index in [9.17, 15) is 80.3 Å². The number of pyridine rings is 1. The molecule has 5 aromatic carbocycles. The molecule has 8 rings (SSSR count). The first-order valence-corrected chi connectivity index (χ1v) is 33.4. The van der Waals surface area contributed by atoms with Gasteiger partial charge in [0.05, 0.1) is 67.3 Å². The highest BCUT2D eigenvalue weighted by Crippen LogP contribution is 2.44. The summed E-state index contributed by atoms with van der Waals surface area (Å²) in [5.74, 6) is -1.87. The number of nitriles is 1. The summed E-state index contributed by atoms with van der Waals surface area (Å²) < 4.78 is 200. The number of nitrogens with zero attached hydrogens (tertiary/aromatic N) is 10. The molecule has 0 saturated heterocycles. The molecular formula is C45H40N10O21S8. The Hall–Kier alpha value is -7.43. The van der Waals surface area contributed by atoms with Gasteiger partial charge < -0.3 is 14.9 Å². The van der Waals surface area contributed by atoms with Gasteiger partial charge in [0, 0.05) is 27.5 Å². The van der Waals surface area contributed by atoms with E-state index in [1.165, 1.54) is 31.2 Å². The summed E-state index contributed by atoms with van der Waals surface area (Å²) in [7, 11) is -26.2. The second kappa shape index (κ2) is 25.0. The zero-order valence-corrected chi connectivity index (χ0v) is 49.3. The number of aromatic hydroxyl groups is 1. The highest BCUT2D eigenvalue weighted by molar-refractivity contribution is 7.99. The van der Waals surface area contributed by atoms with E-state index in [1.54, 1.807) is 19.9 Å². The lowest BCUT2D eigenvalue weighted by atomic mass is 10.1. The largest absolute Gasteiger partial charge is 0.493 e. The van der Waals surface area contributed by atoms with Crippen molar-refractivity contribution in [3.63, 3.8) is 0 Å². The minimum absolute atomic E-state index is 0.0171. The number of rotatable bonds is 20. The number of ether oxygens (including phenoxy) is 1. The summed E-state index contributed by atoms with van der Waals surface area (Å²) in [5, 5.41) is 58.3. The van der Waals surface area contributed by atoms with Gasteiger partial charge in [-0.15, -0.1) is 50.0 Å². The normalized spacial score (nSPS) is 12.8.